The van der Waals surface area contributed by atoms with Crippen LogP contribution in [-0.2, 0) is 4.79 Å². The second-order valence-corrected chi connectivity index (χ2v) is 5.43. The number of nitrogens with two attached hydrogens (primary N) is 1. The number of halogens is 1. The van der Waals surface area contributed by atoms with E-state index in [1.807, 2.05) is 13.8 Å². The Bertz CT molecular complexity index is 421. The van der Waals surface area contributed by atoms with Gasteiger partial charge in [-0.2, -0.15) is 0 Å². The van der Waals surface area contributed by atoms with Gasteiger partial charge in [-0.25, -0.2) is 0 Å². The third-order valence-corrected chi connectivity index (χ3v) is 3.10. The summed E-state index contributed by atoms with van der Waals surface area (Å²) in [6.45, 7) is 4.08. The van der Waals surface area contributed by atoms with E-state index in [4.69, 9.17) is 10.5 Å². The molecular formula is C13H19BrN2O2. The molecule has 0 saturated carbocycles. The van der Waals surface area contributed by atoms with Crippen molar-refractivity contribution in [2.45, 2.75) is 26.3 Å². The molecule has 0 spiro atoms. The Labute approximate surface area is 116 Å². The van der Waals surface area contributed by atoms with Crippen LogP contribution in [0.1, 0.15) is 20.3 Å². The maximum atomic E-state index is 11.8. The number of anilines is 1. The normalized spacial score (nSPS) is 12.3. The number of carbonyl (C=O) groups is 1. The van der Waals surface area contributed by atoms with Gasteiger partial charge in [-0.05, 0) is 46.5 Å². The summed E-state index contributed by atoms with van der Waals surface area (Å²) >= 11 is 3.37. The molecule has 18 heavy (non-hydrogen) atoms. The maximum absolute atomic E-state index is 11.8. The van der Waals surface area contributed by atoms with Crippen LogP contribution in [-0.4, -0.2) is 19.1 Å². The van der Waals surface area contributed by atoms with Crippen LogP contribution in [0.2, 0.25) is 0 Å². The Morgan fingerprint density at radius 3 is 2.67 bits per heavy atom. The highest BCUT2D eigenvalue weighted by Gasteiger charge is 2.15. The maximum Gasteiger partial charge on any atom is 0.241 e. The zero-order valence-corrected chi connectivity index (χ0v) is 12.5. The van der Waals surface area contributed by atoms with Crippen molar-refractivity contribution in [3.05, 3.63) is 22.7 Å². The van der Waals surface area contributed by atoms with Crippen molar-refractivity contribution in [1.29, 1.82) is 0 Å². The van der Waals surface area contributed by atoms with E-state index in [1.165, 1.54) is 0 Å². The van der Waals surface area contributed by atoms with Crippen molar-refractivity contribution < 1.29 is 9.53 Å². The highest BCUT2D eigenvalue weighted by molar-refractivity contribution is 9.10. The standard InChI is InChI=1S/C13H19BrN2O2/c1-8(2)6-11(15)13(17)16-9-4-5-12(18-3)10(14)7-9/h4-5,7-8,11H,6,15H2,1-3H3,(H,16,17)/t11-/m1/s1. The van der Waals surface area contributed by atoms with Gasteiger partial charge in [-0.1, -0.05) is 13.8 Å². The number of methoxy groups -OCH3 is 1. The molecule has 1 aromatic carbocycles. The van der Waals surface area contributed by atoms with E-state index < -0.39 is 6.04 Å². The molecule has 5 heteroatoms. The first-order chi connectivity index (χ1) is 8.43. The topological polar surface area (TPSA) is 64.3 Å². The van der Waals surface area contributed by atoms with Crippen LogP contribution in [0.4, 0.5) is 5.69 Å². The molecule has 0 fully saturated rings. The Morgan fingerprint density at radius 2 is 2.17 bits per heavy atom. The minimum absolute atomic E-state index is 0.166. The third kappa shape index (κ3) is 4.31. The molecule has 0 aliphatic rings. The van der Waals surface area contributed by atoms with Gasteiger partial charge in [-0.15, -0.1) is 0 Å². The van der Waals surface area contributed by atoms with Crippen molar-refractivity contribution in [2.75, 3.05) is 12.4 Å². The van der Waals surface area contributed by atoms with Crippen LogP contribution in [0.25, 0.3) is 0 Å². The largest absolute Gasteiger partial charge is 0.496 e. The Morgan fingerprint density at radius 1 is 1.50 bits per heavy atom. The van der Waals surface area contributed by atoms with E-state index in [9.17, 15) is 4.79 Å². The zero-order valence-electron chi connectivity index (χ0n) is 10.9. The molecule has 0 aliphatic heterocycles. The summed E-state index contributed by atoms with van der Waals surface area (Å²) < 4.78 is 5.91. The molecule has 0 aliphatic carbocycles. The van der Waals surface area contributed by atoms with Crippen LogP contribution >= 0.6 is 15.9 Å². The Hall–Kier alpha value is -1.07. The monoisotopic (exact) mass is 314 g/mol. The minimum atomic E-state index is -0.481. The summed E-state index contributed by atoms with van der Waals surface area (Å²) in [4.78, 5) is 11.8. The summed E-state index contributed by atoms with van der Waals surface area (Å²) in [5.74, 6) is 0.952. The van der Waals surface area contributed by atoms with Gasteiger partial charge in [0.15, 0.2) is 0 Å². The molecule has 1 rings (SSSR count). The number of benzene rings is 1. The van der Waals surface area contributed by atoms with Crippen molar-refractivity contribution in [3.8, 4) is 5.75 Å². The molecule has 1 atom stereocenters. The lowest BCUT2D eigenvalue weighted by molar-refractivity contribution is -0.117. The van der Waals surface area contributed by atoms with Crippen molar-refractivity contribution in [3.63, 3.8) is 0 Å². The SMILES string of the molecule is COc1ccc(NC(=O)[C@H](N)CC(C)C)cc1Br. The van der Waals surface area contributed by atoms with Gasteiger partial charge in [0, 0.05) is 5.69 Å². The number of ether oxygens (including phenoxy) is 1. The number of carbonyl (C=O) groups excluding carboxylic acids is 1. The number of hydrogen-bond donors (Lipinski definition) is 2. The van der Waals surface area contributed by atoms with Gasteiger partial charge < -0.3 is 15.8 Å². The second kappa shape index (κ2) is 6.75. The fraction of sp³-hybridized carbons (Fsp3) is 0.462. The molecule has 0 aromatic heterocycles. The fourth-order valence-corrected chi connectivity index (χ4v) is 2.13. The van der Waals surface area contributed by atoms with Gasteiger partial charge in [0.2, 0.25) is 5.91 Å². The van der Waals surface area contributed by atoms with Gasteiger partial charge in [-0.3, -0.25) is 4.79 Å². The summed E-state index contributed by atoms with van der Waals surface area (Å²) in [7, 11) is 1.59. The number of hydrogen-bond acceptors (Lipinski definition) is 3. The highest BCUT2D eigenvalue weighted by atomic mass is 79.9. The fourth-order valence-electron chi connectivity index (χ4n) is 1.59. The van der Waals surface area contributed by atoms with Crippen LogP contribution in [0.3, 0.4) is 0 Å². The lowest BCUT2D eigenvalue weighted by Crippen LogP contribution is -2.36. The number of nitrogens with one attached hydrogen (secondary N) is 1. The predicted molar refractivity (Wildman–Crippen MR) is 76.8 cm³/mol. The molecule has 4 nitrogen and oxygen atoms in total. The van der Waals surface area contributed by atoms with Gasteiger partial charge in [0.1, 0.15) is 5.75 Å². The van der Waals surface area contributed by atoms with Crippen molar-refractivity contribution >= 4 is 27.5 Å². The molecule has 0 bridgehead atoms. The first kappa shape index (κ1) is 15.0. The molecular weight excluding hydrogens is 296 g/mol. The molecule has 0 saturated heterocycles. The van der Waals surface area contributed by atoms with Crippen LogP contribution < -0.4 is 15.8 Å². The Kier molecular flexibility index (Phi) is 5.62. The molecule has 0 unspecified atom stereocenters. The summed E-state index contributed by atoms with van der Waals surface area (Å²) in [5.41, 5.74) is 6.51. The second-order valence-electron chi connectivity index (χ2n) is 4.57. The number of rotatable bonds is 5. The Balaban J connectivity index is 2.67. The highest BCUT2D eigenvalue weighted by Crippen LogP contribution is 2.27. The van der Waals surface area contributed by atoms with E-state index >= 15 is 0 Å². The average Bonchev–Trinajstić information content (AvgIpc) is 2.28. The molecule has 1 aromatic rings. The third-order valence-electron chi connectivity index (χ3n) is 2.48. The molecule has 100 valence electrons. The van der Waals surface area contributed by atoms with E-state index in [-0.39, 0.29) is 5.91 Å². The van der Waals surface area contributed by atoms with Crippen LogP contribution in [0, 0.1) is 5.92 Å². The van der Waals surface area contributed by atoms with Crippen molar-refractivity contribution in [1.82, 2.24) is 0 Å². The quantitative estimate of drug-likeness (QED) is 0.878. The van der Waals surface area contributed by atoms with Crippen molar-refractivity contribution in [2.24, 2.45) is 11.7 Å². The molecule has 0 heterocycles. The smallest absolute Gasteiger partial charge is 0.241 e. The first-order valence-electron chi connectivity index (χ1n) is 5.84. The van der Waals surface area contributed by atoms with E-state index in [0.717, 1.165) is 10.2 Å². The van der Waals surface area contributed by atoms with Crippen LogP contribution in [0.15, 0.2) is 22.7 Å². The van der Waals surface area contributed by atoms with E-state index in [0.29, 0.717) is 18.0 Å². The summed E-state index contributed by atoms with van der Waals surface area (Å²) in [5, 5.41) is 2.79. The molecule has 0 radical (unpaired) electrons. The van der Waals surface area contributed by atoms with Gasteiger partial charge in [0.05, 0.1) is 17.6 Å². The first-order valence-corrected chi connectivity index (χ1v) is 6.63. The molecule has 1 amide bonds. The lowest BCUT2D eigenvalue weighted by Gasteiger charge is -2.14. The summed E-state index contributed by atoms with van der Waals surface area (Å²) in [6.07, 6.45) is 0.670. The van der Waals surface area contributed by atoms with E-state index in [1.54, 1.807) is 25.3 Å². The minimum Gasteiger partial charge on any atom is -0.496 e. The van der Waals surface area contributed by atoms with E-state index in [2.05, 4.69) is 21.2 Å². The number of amides is 1. The zero-order chi connectivity index (χ0) is 13.7. The predicted octanol–water partition coefficient (Wildman–Crippen LogP) is 2.77. The molecule has 3 N–H and O–H groups in total. The summed E-state index contributed by atoms with van der Waals surface area (Å²) in [6, 6.07) is 4.88. The lowest BCUT2D eigenvalue weighted by atomic mass is 10.0. The van der Waals surface area contributed by atoms with Gasteiger partial charge in [0.25, 0.3) is 0 Å². The van der Waals surface area contributed by atoms with Gasteiger partial charge >= 0.3 is 0 Å². The van der Waals surface area contributed by atoms with Crippen LogP contribution in [0.5, 0.6) is 5.75 Å². The average molecular weight is 315 g/mol.